The number of rotatable bonds is 3. The Balaban J connectivity index is 3.18. The Morgan fingerprint density at radius 2 is 2.06 bits per heavy atom. The molecule has 0 heterocycles. The number of carbonyl (C=O) groups is 1. The molecule has 84 valence electrons. The van der Waals surface area contributed by atoms with Crippen molar-refractivity contribution in [3.63, 3.8) is 0 Å². The zero-order valence-electron chi connectivity index (χ0n) is 8.86. The normalized spacial score (nSPS) is 11.3. The van der Waals surface area contributed by atoms with Gasteiger partial charge in [0.25, 0.3) is 0 Å². The van der Waals surface area contributed by atoms with E-state index in [1.165, 1.54) is 19.1 Å². The van der Waals surface area contributed by atoms with Crippen LogP contribution in [0.4, 0.5) is 10.1 Å². The van der Waals surface area contributed by atoms with Gasteiger partial charge in [0.15, 0.2) is 5.78 Å². The van der Waals surface area contributed by atoms with Crippen molar-refractivity contribution in [1.29, 1.82) is 0 Å². The van der Waals surface area contributed by atoms with E-state index >= 15 is 0 Å². The van der Waals surface area contributed by atoms with Crippen molar-refractivity contribution >= 4 is 17.5 Å². The van der Waals surface area contributed by atoms with Crippen LogP contribution in [0.5, 0.6) is 0 Å². The van der Waals surface area contributed by atoms with E-state index in [-0.39, 0.29) is 5.78 Å². The van der Waals surface area contributed by atoms with Crippen LogP contribution in [0.15, 0.2) is 23.8 Å². The number of carbonyl (C=O) groups excluding carboxylic acids is 1. The topological polar surface area (TPSA) is 60.2 Å². The minimum Gasteiger partial charge on any atom is -0.295 e. The molecule has 0 radical (unpaired) electrons. The number of nitrogens with zero attached hydrogens (tertiary/aromatic N) is 1. The molecular weight excluding hydrogens is 213 g/mol. The molecule has 0 bridgehead atoms. The molecule has 0 saturated heterocycles. The summed E-state index contributed by atoms with van der Waals surface area (Å²) in [6.07, 6.45) is 1.48. The van der Waals surface area contributed by atoms with Crippen molar-refractivity contribution in [2.45, 2.75) is 13.8 Å². The van der Waals surface area contributed by atoms with Crippen LogP contribution in [0, 0.1) is 15.9 Å². The minimum absolute atomic E-state index is 0.132. The molecule has 5 heteroatoms. The third-order valence-corrected chi connectivity index (χ3v) is 2.11. The van der Waals surface area contributed by atoms with Crippen molar-refractivity contribution in [2.24, 2.45) is 0 Å². The summed E-state index contributed by atoms with van der Waals surface area (Å²) in [5.41, 5.74) is 0.298. The van der Waals surface area contributed by atoms with Gasteiger partial charge in [-0.05, 0) is 37.1 Å². The number of hydrogen-bond acceptors (Lipinski definition) is 3. The van der Waals surface area contributed by atoms with Gasteiger partial charge in [0.1, 0.15) is 0 Å². The zero-order valence-corrected chi connectivity index (χ0v) is 8.86. The summed E-state index contributed by atoms with van der Waals surface area (Å²) >= 11 is 0. The number of Topliss-reactive ketones (excluding diaryl/α,β-unsaturated/α-hetero) is 1. The van der Waals surface area contributed by atoms with E-state index in [4.69, 9.17) is 0 Å². The maximum Gasteiger partial charge on any atom is 0.305 e. The predicted octanol–water partition coefficient (Wildman–Crippen LogP) is 2.73. The lowest BCUT2D eigenvalue weighted by molar-refractivity contribution is -0.387. The number of nitro benzene ring substituents is 1. The number of hydrogen-bond donors (Lipinski definition) is 0. The summed E-state index contributed by atoms with van der Waals surface area (Å²) in [6.45, 7) is 2.99. The Kier molecular flexibility index (Phi) is 3.50. The monoisotopic (exact) mass is 223 g/mol. The Bertz CT molecular complexity index is 480. The Morgan fingerprint density at radius 3 is 2.56 bits per heavy atom. The second kappa shape index (κ2) is 4.65. The quantitative estimate of drug-likeness (QED) is 0.449. The van der Waals surface area contributed by atoms with Gasteiger partial charge in [-0.25, -0.2) is 0 Å². The van der Waals surface area contributed by atoms with E-state index in [1.807, 2.05) is 0 Å². The summed E-state index contributed by atoms with van der Waals surface area (Å²) in [7, 11) is 0. The predicted molar refractivity (Wildman–Crippen MR) is 57.4 cm³/mol. The summed E-state index contributed by atoms with van der Waals surface area (Å²) in [6, 6.07) is 3.49. The van der Waals surface area contributed by atoms with Crippen molar-refractivity contribution < 1.29 is 14.1 Å². The van der Waals surface area contributed by atoms with Crippen LogP contribution < -0.4 is 0 Å². The molecule has 0 aromatic heterocycles. The molecule has 0 unspecified atom stereocenters. The zero-order chi connectivity index (χ0) is 12.3. The maximum atomic E-state index is 13.0. The van der Waals surface area contributed by atoms with Gasteiger partial charge < -0.3 is 0 Å². The van der Waals surface area contributed by atoms with Crippen LogP contribution in [0.3, 0.4) is 0 Å². The van der Waals surface area contributed by atoms with Gasteiger partial charge >= 0.3 is 5.69 Å². The van der Waals surface area contributed by atoms with Crippen LogP contribution in [-0.4, -0.2) is 10.7 Å². The Hall–Kier alpha value is -2.04. The maximum absolute atomic E-state index is 13.0. The summed E-state index contributed by atoms with van der Waals surface area (Å²) < 4.78 is 13.0. The SMILES string of the molecule is CC(=O)/C(C)=C/c1ccc(F)c([N+](=O)[O-])c1. The first-order valence-corrected chi connectivity index (χ1v) is 4.55. The van der Waals surface area contributed by atoms with E-state index in [1.54, 1.807) is 6.92 Å². The Labute approximate surface area is 91.5 Å². The van der Waals surface area contributed by atoms with Gasteiger partial charge in [-0.3, -0.25) is 14.9 Å². The molecule has 4 nitrogen and oxygen atoms in total. The molecule has 0 aliphatic carbocycles. The third-order valence-electron chi connectivity index (χ3n) is 2.11. The molecule has 0 aliphatic rings. The highest BCUT2D eigenvalue weighted by Crippen LogP contribution is 2.20. The molecule has 0 spiro atoms. The number of ketones is 1. The van der Waals surface area contributed by atoms with Gasteiger partial charge in [0.05, 0.1) is 4.92 Å². The molecule has 16 heavy (non-hydrogen) atoms. The lowest BCUT2D eigenvalue weighted by atomic mass is 10.1. The van der Waals surface area contributed by atoms with Crippen molar-refractivity contribution in [1.82, 2.24) is 0 Å². The highest BCUT2D eigenvalue weighted by Gasteiger charge is 2.13. The molecule has 1 aromatic rings. The van der Waals surface area contributed by atoms with Crippen molar-refractivity contribution in [2.75, 3.05) is 0 Å². The van der Waals surface area contributed by atoms with Gasteiger partial charge in [-0.1, -0.05) is 6.07 Å². The lowest BCUT2D eigenvalue weighted by Crippen LogP contribution is -1.94. The summed E-state index contributed by atoms with van der Waals surface area (Å²) in [5.74, 6) is -1.02. The van der Waals surface area contributed by atoms with E-state index in [0.717, 1.165) is 12.1 Å². The molecule has 0 amide bonds. The first kappa shape index (κ1) is 12.0. The fourth-order valence-corrected chi connectivity index (χ4v) is 1.11. The smallest absolute Gasteiger partial charge is 0.295 e. The van der Waals surface area contributed by atoms with Crippen LogP contribution >= 0.6 is 0 Å². The van der Waals surface area contributed by atoms with E-state index in [0.29, 0.717) is 11.1 Å². The van der Waals surface area contributed by atoms with Gasteiger partial charge in [-0.2, -0.15) is 4.39 Å². The first-order chi connectivity index (χ1) is 7.41. The van der Waals surface area contributed by atoms with Crippen molar-refractivity contribution in [3.8, 4) is 0 Å². The van der Waals surface area contributed by atoms with Crippen LogP contribution in [0.25, 0.3) is 6.08 Å². The van der Waals surface area contributed by atoms with Crippen molar-refractivity contribution in [3.05, 3.63) is 45.3 Å². The van der Waals surface area contributed by atoms with E-state index in [2.05, 4.69) is 0 Å². The molecule has 0 aliphatic heterocycles. The number of halogens is 1. The molecule has 0 fully saturated rings. The average Bonchev–Trinajstić information content (AvgIpc) is 2.20. The molecule has 0 atom stereocenters. The lowest BCUT2D eigenvalue weighted by Gasteiger charge is -1.98. The number of benzene rings is 1. The Morgan fingerprint density at radius 1 is 1.44 bits per heavy atom. The average molecular weight is 223 g/mol. The fourth-order valence-electron chi connectivity index (χ4n) is 1.11. The van der Waals surface area contributed by atoms with E-state index < -0.39 is 16.4 Å². The highest BCUT2D eigenvalue weighted by atomic mass is 19.1. The molecular formula is C11H10FNO3. The summed E-state index contributed by atoms with van der Waals surface area (Å²) in [4.78, 5) is 20.6. The number of allylic oxidation sites excluding steroid dienone is 1. The van der Waals surface area contributed by atoms with Crippen LogP contribution in [-0.2, 0) is 4.79 Å². The van der Waals surface area contributed by atoms with Gasteiger partial charge in [0, 0.05) is 6.07 Å². The molecule has 1 rings (SSSR count). The van der Waals surface area contributed by atoms with Crippen LogP contribution in [0.1, 0.15) is 19.4 Å². The van der Waals surface area contributed by atoms with Gasteiger partial charge in [0.2, 0.25) is 5.82 Å². The second-order valence-corrected chi connectivity index (χ2v) is 3.35. The molecule has 0 saturated carbocycles. The summed E-state index contributed by atoms with van der Waals surface area (Å²) in [5, 5.41) is 10.5. The first-order valence-electron chi connectivity index (χ1n) is 4.55. The standard InChI is InChI=1S/C11H10FNO3/c1-7(8(2)14)5-9-3-4-10(12)11(6-9)13(15)16/h3-6H,1-2H3/b7-5+. The molecule has 1 aromatic carbocycles. The van der Waals surface area contributed by atoms with E-state index in [9.17, 15) is 19.3 Å². The molecule has 0 N–H and O–H groups in total. The fraction of sp³-hybridized carbons (Fsp3) is 0.182. The van der Waals surface area contributed by atoms with Crippen LogP contribution in [0.2, 0.25) is 0 Å². The minimum atomic E-state index is -0.886. The number of nitro groups is 1. The highest BCUT2D eigenvalue weighted by molar-refractivity contribution is 5.97. The second-order valence-electron chi connectivity index (χ2n) is 3.35. The largest absolute Gasteiger partial charge is 0.305 e. The van der Waals surface area contributed by atoms with Gasteiger partial charge in [-0.15, -0.1) is 0 Å². The third kappa shape index (κ3) is 2.73.